The Kier molecular flexibility index (Phi) is 4.38. The van der Waals surface area contributed by atoms with Crippen LogP contribution in [0.25, 0.3) is 16.6 Å². The summed E-state index contributed by atoms with van der Waals surface area (Å²) in [5.41, 5.74) is 2.00. The summed E-state index contributed by atoms with van der Waals surface area (Å²) in [5, 5.41) is 0.877. The minimum Gasteiger partial charge on any atom is -0.344 e. The normalized spacial score (nSPS) is 11.3. The zero-order valence-electron chi connectivity index (χ0n) is 14.3. The predicted octanol–water partition coefficient (Wildman–Crippen LogP) is 2.22. The van der Waals surface area contributed by atoms with E-state index in [4.69, 9.17) is 0 Å². The van der Waals surface area contributed by atoms with Crippen LogP contribution in [0, 0.1) is 6.92 Å². The Balaban J connectivity index is 2.12. The first-order chi connectivity index (χ1) is 11.5. The molecule has 0 atom stereocenters. The Hall–Kier alpha value is -2.63. The first-order valence-corrected chi connectivity index (χ1v) is 8.24. The van der Waals surface area contributed by atoms with Gasteiger partial charge in [0.25, 0.3) is 5.56 Å². The Bertz CT molecular complexity index is 955. The average molecular weight is 326 g/mol. The number of nitrogens with zero attached hydrogens (tertiary/aromatic N) is 4. The van der Waals surface area contributed by atoms with Crippen molar-refractivity contribution in [2.24, 2.45) is 0 Å². The molecule has 0 aliphatic carbocycles. The fraction of sp³-hybridized carbons (Fsp3) is 0.389. The molecule has 0 N–H and O–H groups in total. The predicted molar refractivity (Wildman–Crippen MR) is 94.2 cm³/mol. The summed E-state index contributed by atoms with van der Waals surface area (Å²) in [6.07, 6.45) is 2.04. The van der Waals surface area contributed by atoms with Gasteiger partial charge in [0, 0.05) is 30.7 Å². The minimum atomic E-state index is -0.262. The zero-order valence-corrected chi connectivity index (χ0v) is 14.3. The third-order valence-electron chi connectivity index (χ3n) is 4.31. The summed E-state index contributed by atoms with van der Waals surface area (Å²) in [6, 6.07) is 9.21. The van der Waals surface area contributed by atoms with E-state index in [1.807, 2.05) is 47.4 Å². The number of benzene rings is 1. The van der Waals surface area contributed by atoms with Gasteiger partial charge < -0.3 is 4.90 Å². The Morgan fingerprint density at radius 1 is 1.29 bits per heavy atom. The van der Waals surface area contributed by atoms with Gasteiger partial charge in [-0.1, -0.05) is 25.5 Å². The highest BCUT2D eigenvalue weighted by Gasteiger charge is 2.17. The van der Waals surface area contributed by atoms with E-state index >= 15 is 0 Å². The number of carbonyl (C=O) groups excluding carboxylic acids is 1. The number of likely N-dealkylation sites (N-methyl/N-ethyl adjacent to an activating group) is 1. The molecule has 0 unspecified atom stereocenters. The Morgan fingerprint density at radius 2 is 2.04 bits per heavy atom. The van der Waals surface area contributed by atoms with Crippen LogP contribution in [0.5, 0.6) is 0 Å². The van der Waals surface area contributed by atoms with Crippen LogP contribution in [0.3, 0.4) is 0 Å². The molecule has 0 bridgehead atoms. The molecule has 24 heavy (non-hydrogen) atoms. The molecule has 0 aliphatic heterocycles. The molecule has 0 aliphatic rings. The van der Waals surface area contributed by atoms with Gasteiger partial charge in [0.1, 0.15) is 6.54 Å². The number of hydrogen-bond donors (Lipinski definition) is 0. The number of aryl methyl sites for hydroxylation is 1. The van der Waals surface area contributed by atoms with Crippen LogP contribution < -0.4 is 5.56 Å². The van der Waals surface area contributed by atoms with Crippen molar-refractivity contribution in [1.82, 2.24) is 19.1 Å². The quantitative estimate of drug-likeness (QED) is 0.722. The van der Waals surface area contributed by atoms with Crippen molar-refractivity contribution >= 4 is 22.5 Å². The maximum atomic E-state index is 12.6. The van der Waals surface area contributed by atoms with E-state index in [2.05, 4.69) is 11.9 Å². The summed E-state index contributed by atoms with van der Waals surface area (Å²) in [4.78, 5) is 30.3. The maximum absolute atomic E-state index is 12.6. The highest BCUT2D eigenvalue weighted by Crippen LogP contribution is 2.21. The van der Waals surface area contributed by atoms with Crippen LogP contribution in [-0.4, -0.2) is 38.6 Å². The molecule has 3 aromatic rings. The molecule has 0 saturated heterocycles. The van der Waals surface area contributed by atoms with Crippen LogP contribution in [0.4, 0.5) is 0 Å². The summed E-state index contributed by atoms with van der Waals surface area (Å²) >= 11 is 0. The first-order valence-electron chi connectivity index (χ1n) is 8.24. The second-order valence-electron chi connectivity index (χ2n) is 6.11. The van der Waals surface area contributed by atoms with E-state index < -0.39 is 0 Å². The van der Waals surface area contributed by atoms with Crippen molar-refractivity contribution in [3.63, 3.8) is 0 Å². The monoisotopic (exact) mass is 326 g/mol. The van der Waals surface area contributed by atoms with E-state index in [0.717, 1.165) is 36.0 Å². The topological polar surface area (TPSA) is 59.6 Å². The SMILES string of the molecule is CCCCN(C)C(=O)Cn1c2ccccc2c2nc(=O)cc(C)n21. The van der Waals surface area contributed by atoms with Crippen molar-refractivity contribution in [3.05, 3.63) is 46.4 Å². The number of rotatable bonds is 5. The molecule has 1 aromatic carbocycles. The highest BCUT2D eigenvalue weighted by molar-refractivity contribution is 5.93. The number of para-hydroxylation sites is 1. The first kappa shape index (κ1) is 16.2. The van der Waals surface area contributed by atoms with Crippen molar-refractivity contribution < 1.29 is 4.79 Å². The molecular weight excluding hydrogens is 304 g/mol. The van der Waals surface area contributed by atoms with Crippen LogP contribution in [-0.2, 0) is 11.3 Å². The molecular formula is C18H22N4O2. The van der Waals surface area contributed by atoms with Gasteiger partial charge in [0.05, 0.1) is 5.52 Å². The van der Waals surface area contributed by atoms with Gasteiger partial charge in [0.15, 0.2) is 5.65 Å². The molecule has 2 heterocycles. The van der Waals surface area contributed by atoms with Crippen LogP contribution in [0.15, 0.2) is 35.1 Å². The van der Waals surface area contributed by atoms with Gasteiger partial charge in [-0.15, -0.1) is 0 Å². The van der Waals surface area contributed by atoms with Gasteiger partial charge in [-0.05, 0) is 25.5 Å². The largest absolute Gasteiger partial charge is 0.344 e. The lowest BCUT2D eigenvalue weighted by atomic mass is 10.2. The summed E-state index contributed by atoms with van der Waals surface area (Å²) < 4.78 is 3.76. The molecule has 6 nitrogen and oxygen atoms in total. The number of fused-ring (bicyclic) bond motifs is 3. The van der Waals surface area contributed by atoms with E-state index in [9.17, 15) is 9.59 Å². The van der Waals surface area contributed by atoms with E-state index in [1.165, 1.54) is 6.07 Å². The van der Waals surface area contributed by atoms with Gasteiger partial charge >= 0.3 is 0 Å². The molecule has 6 heteroatoms. The second-order valence-corrected chi connectivity index (χ2v) is 6.11. The zero-order chi connectivity index (χ0) is 17.3. The van der Waals surface area contributed by atoms with Crippen molar-refractivity contribution in [2.75, 3.05) is 13.6 Å². The molecule has 1 amide bonds. The lowest BCUT2D eigenvalue weighted by Gasteiger charge is -2.18. The Labute approximate surface area is 140 Å². The molecule has 0 saturated carbocycles. The summed E-state index contributed by atoms with van der Waals surface area (Å²) in [5.74, 6) is 0.0456. The summed E-state index contributed by atoms with van der Waals surface area (Å²) in [6.45, 7) is 4.93. The van der Waals surface area contributed by atoms with Crippen molar-refractivity contribution in [2.45, 2.75) is 33.2 Å². The summed E-state index contributed by atoms with van der Waals surface area (Å²) in [7, 11) is 1.83. The van der Waals surface area contributed by atoms with Crippen LogP contribution in [0.2, 0.25) is 0 Å². The van der Waals surface area contributed by atoms with Crippen molar-refractivity contribution in [3.8, 4) is 0 Å². The standard InChI is InChI=1S/C18H22N4O2/c1-4-5-10-20(3)17(24)12-21-15-9-7-6-8-14(15)18-19-16(23)11-13(2)22(18)21/h6-9,11H,4-5,10,12H2,1-3H3. The third-order valence-corrected chi connectivity index (χ3v) is 4.31. The van der Waals surface area contributed by atoms with E-state index in [1.54, 1.807) is 4.90 Å². The highest BCUT2D eigenvalue weighted by atomic mass is 16.2. The molecule has 3 rings (SSSR count). The van der Waals surface area contributed by atoms with Gasteiger partial charge in [-0.2, -0.15) is 4.98 Å². The minimum absolute atomic E-state index is 0.0456. The molecule has 0 fully saturated rings. The smallest absolute Gasteiger partial charge is 0.273 e. The number of aromatic nitrogens is 3. The lowest BCUT2D eigenvalue weighted by Crippen LogP contribution is -2.32. The average Bonchev–Trinajstić information content (AvgIpc) is 2.87. The van der Waals surface area contributed by atoms with Crippen molar-refractivity contribution in [1.29, 1.82) is 0 Å². The van der Waals surface area contributed by atoms with Gasteiger partial charge in [-0.3, -0.25) is 14.3 Å². The number of unbranched alkanes of at least 4 members (excludes halogenated alkanes) is 1. The lowest BCUT2D eigenvalue weighted by molar-refractivity contribution is -0.130. The third kappa shape index (κ3) is 2.79. The molecule has 0 spiro atoms. The fourth-order valence-corrected chi connectivity index (χ4v) is 2.99. The van der Waals surface area contributed by atoms with Gasteiger partial charge in [0.2, 0.25) is 5.91 Å². The number of hydrogen-bond acceptors (Lipinski definition) is 3. The van der Waals surface area contributed by atoms with Crippen LogP contribution in [0.1, 0.15) is 25.5 Å². The Morgan fingerprint density at radius 3 is 2.79 bits per heavy atom. The van der Waals surface area contributed by atoms with Crippen LogP contribution >= 0.6 is 0 Å². The second kappa shape index (κ2) is 6.47. The fourth-order valence-electron chi connectivity index (χ4n) is 2.99. The van der Waals surface area contributed by atoms with E-state index in [0.29, 0.717) is 5.65 Å². The number of amides is 1. The van der Waals surface area contributed by atoms with Gasteiger partial charge in [-0.25, -0.2) is 4.52 Å². The molecule has 0 radical (unpaired) electrons. The van der Waals surface area contributed by atoms with E-state index in [-0.39, 0.29) is 18.0 Å². The maximum Gasteiger partial charge on any atom is 0.273 e. The molecule has 126 valence electrons. The molecule has 2 aromatic heterocycles. The number of carbonyl (C=O) groups is 1.